The Kier molecular flexibility index (Phi) is 3.17. The van der Waals surface area contributed by atoms with Crippen LogP contribution in [0.1, 0.15) is 6.92 Å². The summed E-state index contributed by atoms with van der Waals surface area (Å²) >= 11 is 11.3. The van der Waals surface area contributed by atoms with Crippen LogP contribution < -0.4 is 0 Å². The first-order valence-electron chi connectivity index (χ1n) is 3.60. The summed E-state index contributed by atoms with van der Waals surface area (Å²) in [6, 6.07) is 3.88. The van der Waals surface area contributed by atoms with E-state index in [2.05, 4.69) is 4.74 Å². The van der Waals surface area contributed by atoms with Gasteiger partial charge in [-0.25, -0.2) is 0 Å². The summed E-state index contributed by atoms with van der Waals surface area (Å²) in [6.45, 7) is 1.36. The number of esters is 1. The van der Waals surface area contributed by atoms with Gasteiger partial charge in [-0.15, -0.1) is 0 Å². The highest BCUT2D eigenvalue weighted by atomic mass is 35.5. The maximum Gasteiger partial charge on any atom is 0.302 e. The quantitative estimate of drug-likeness (QED) is 0.636. The van der Waals surface area contributed by atoms with Crippen molar-refractivity contribution >= 4 is 29.2 Å². The summed E-state index contributed by atoms with van der Waals surface area (Å²) in [7, 11) is 1.35. The lowest BCUT2D eigenvalue weighted by Gasteiger charge is -1.80. The van der Waals surface area contributed by atoms with E-state index in [-0.39, 0.29) is 5.97 Å². The monoisotopic (exact) mass is 218 g/mol. The van der Waals surface area contributed by atoms with Crippen molar-refractivity contribution in [2.45, 2.75) is 6.92 Å². The highest BCUT2D eigenvalue weighted by Gasteiger charge is 2.19. The third-order valence-corrected chi connectivity index (χ3v) is 2.35. The number of carbonyl (C=O) groups excluding carboxylic acids is 1. The lowest BCUT2D eigenvalue weighted by Crippen LogP contribution is -1.88. The molecule has 2 rings (SSSR count). The van der Waals surface area contributed by atoms with E-state index in [1.807, 2.05) is 12.1 Å². The first-order valence-corrected chi connectivity index (χ1v) is 4.36. The van der Waals surface area contributed by atoms with Crippen molar-refractivity contribution in [2.75, 3.05) is 7.11 Å². The largest absolute Gasteiger partial charge is 0.469 e. The zero-order chi connectivity index (χ0) is 10.0. The van der Waals surface area contributed by atoms with Gasteiger partial charge in [-0.05, 0) is 17.7 Å². The molecule has 0 aromatic heterocycles. The smallest absolute Gasteiger partial charge is 0.302 e. The van der Waals surface area contributed by atoms with Crippen molar-refractivity contribution in [1.82, 2.24) is 0 Å². The van der Waals surface area contributed by atoms with E-state index in [1.165, 1.54) is 19.6 Å². The minimum Gasteiger partial charge on any atom is -0.469 e. The Morgan fingerprint density at radius 3 is 2.08 bits per heavy atom. The van der Waals surface area contributed by atoms with E-state index in [4.69, 9.17) is 23.2 Å². The van der Waals surface area contributed by atoms with E-state index in [0.29, 0.717) is 10.0 Å². The minimum atomic E-state index is -0.245. The Morgan fingerprint density at radius 1 is 1.38 bits per heavy atom. The number of halogens is 2. The fourth-order valence-corrected chi connectivity index (χ4v) is 1.20. The van der Waals surface area contributed by atoms with Crippen LogP contribution in [0.15, 0.2) is 12.1 Å². The van der Waals surface area contributed by atoms with E-state index in [1.54, 1.807) is 0 Å². The normalized spacial score (nSPS) is 9.85. The van der Waals surface area contributed by atoms with Crippen LogP contribution in [-0.2, 0) is 9.53 Å². The van der Waals surface area contributed by atoms with Crippen LogP contribution >= 0.6 is 23.2 Å². The third kappa shape index (κ3) is 2.61. The molecular formula is C9H8Cl2O2. The molecule has 2 nitrogen and oxygen atoms in total. The van der Waals surface area contributed by atoms with Crippen molar-refractivity contribution in [2.24, 2.45) is 0 Å². The van der Waals surface area contributed by atoms with Crippen LogP contribution in [0.5, 0.6) is 0 Å². The molecule has 2 aliphatic carbocycles. The molecule has 0 fully saturated rings. The minimum absolute atomic E-state index is 0.245. The molecule has 0 spiro atoms. The maximum absolute atomic E-state index is 9.59. The average molecular weight is 219 g/mol. The molecule has 4 heteroatoms. The number of hydrogen-bond donors (Lipinski definition) is 0. The molecule has 0 N–H and O–H groups in total. The molecule has 0 saturated heterocycles. The summed E-state index contributed by atoms with van der Waals surface area (Å²) in [5, 5.41) is 1.39. The Hall–Kier alpha value is -0.730. The molecule has 0 atom stereocenters. The standard InChI is InChI=1S/C6H2Cl2.C3H6O2/c7-5-2-3-1-4(3)6(5)8;1-3(4)5-2/h1-2H;1-2H3. The van der Waals surface area contributed by atoms with Gasteiger partial charge in [0.1, 0.15) is 0 Å². The molecule has 0 bridgehead atoms. The number of benzene rings is 1. The lowest BCUT2D eigenvalue weighted by molar-refractivity contribution is -0.137. The SMILES string of the molecule is COC(C)=O.Clc1cc2cc-2c1Cl. The van der Waals surface area contributed by atoms with Crippen molar-refractivity contribution in [3.05, 3.63) is 22.2 Å². The van der Waals surface area contributed by atoms with Gasteiger partial charge in [-0.2, -0.15) is 0 Å². The summed E-state index contributed by atoms with van der Waals surface area (Å²) in [5.41, 5.74) is 2.32. The number of rotatable bonds is 0. The molecule has 0 radical (unpaired) electrons. The number of methoxy groups -OCH3 is 1. The maximum atomic E-state index is 9.59. The van der Waals surface area contributed by atoms with Gasteiger partial charge >= 0.3 is 5.97 Å². The summed E-state index contributed by atoms with van der Waals surface area (Å²) in [6.07, 6.45) is 0. The van der Waals surface area contributed by atoms with E-state index >= 15 is 0 Å². The zero-order valence-corrected chi connectivity index (χ0v) is 8.74. The Morgan fingerprint density at radius 2 is 1.92 bits per heavy atom. The molecule has 0 unspecified atom stereocenters. The van der Waals surface area contributed by atoms with Gasteiger partial charge in [0.25, 0.3) is 0 Å². The molecule has 70 valence electrons. The van der Waals surface area contributed by atoms with Crippen molar-refractivity contribution in [3.63, 3.8) is 0 Å². The van der Waals surface area contributed by atoms with Crippen LogP contribution in [0.25, 0.3) is 11.1 Å². The summed E-state index contributed by atoms with van der Waals surface area (Å²) in [4.78, 5) is 9.59. The van der Waals surface area contributed by atoms with Gasteiger partial charge in [0, 0.05) is 12.5 Å². The summed E-state index contributed by atoms with van der Waals surface area (Å²) < 4.78 is 4.11. The molecule has 0 aromatic rings. The molecular weight excluding hydrogens is 211 g/mol. The van der Waals surface area contributed by atoms with Gasteiger partial charge in [-0.1, -0.05) is 23.2 Å². The molecule has 0 saturated carbocycles. The van der Waals surface area contributed by atoms with Crippen LogP contribution in [-0.4, -0.2) is 13.1 Å². The van der Waals surface area contributed by atoms with Crippen LogP contribution in [0.3, 0.4) is 0 Å². The fraction of sp³-hybridized carbons (Fsp3) is 0.222. The number of ether oxygens (including phenoxy) is 1. The van der Waals surface area contributed by atoms with Gasteiger partial charge in [-0.3, -0.25) is 4.79 Å². The van der Waals surface area contributed by atoms with Crippen molar-refractivity contribution in [3.8, 4) is 11.1 Å². The van der Waals surface area contributed by atoms with Crippen LogP contribution in [0.2, 0.25) is 10.0 Å². The Balaban J connectivity index is 0.000000149. The highest BCUT2D eigenvalue weighted by molar-refractivity contribution is 6.45. The average Bonchev–Trinajstić information content (AvgIpc) is 2.78. The molecule has 13 heavy (non-hydrogen) atoms. The van der Waals surface area contributed by atoms with Gasteiger partial charge < -0.3 is 4.74 Å². The van der Waals surface area contributed by atoms with E-state index < -0.39 is 0 Å². The number of fused-ring (bicyclic) bond motifs is 1. The van der Waals surface area contributed by atoms with Gasteiger partial charge in [0.05, 0.1) is 17.2 Å². The topological polar surface area (TPSA) is 26.3 Å². The second kappa shape index (κ2) is 3.99. The van der Waals surface area contributed by atoms with Crippen LogP contribution in [0, 0.1) is 0 Å². The predicted molar refractivity (Wildman–Crippen MR) is 53.1 cm³/mol. The molecule has 2 aliphatic rings. The summed E-state index contributed by atoms with van der Waals surface area (Å²) in [5.74, 6) is -0.245. The zero-order valence-electron chi connectivity index (χ0n) is 7.23. The van der Waals surface area contributed by atoms with Crippen molar-refractivity contribution < 1.29 is 9.53 Å². The molecule has 0 aliphatic heterocycles. The number of carbonyl (C=O) groups is 1. The van der Waals surface area contributed by atoms with Crippen molar-refractivity contribution in [1.29, 1.82) is 0 Å². The van der Waals surface area contributed by atoms with Gasteiger partial charge in [0.15, 0.2) is 0 Å². The Bertz CT molecular complexity index is 348. The molecule has 0 aromatic carbocycles. The second-order valence-corrected chi connectivity index (χ2v) is 3.30. The lowest BCUT2D eigenvalue weighted by atomic mass is 10.5. The second-order valence-electron chi connectivity index (χ2n) is 2.52. The third-order valence-electron chi connectivity index (χ3n) is 1.54. The fourth-order valence-electron chi connectivity index (χ4n) is 0.757. The molecule has 0 heterocycles. The van der Waals surface area contributed by atoms with Crippen LogP contribution in [0.4, 0.5) is 0 Å². The van der Waals surface area contributed by atoms with E-state index in [0.717, 1.165) is 5.56 Å². The first kappa shape index (κ1) is 10.4. The highest BCUT2D eigenvalue weighted by Crippen LogP contribution is 2.46. The Labute approximate surface area is 86.4 Å². The first-order chi connectivity index (χ1) is 6.06. The van der Waals surface area contributed by atoms with E-state index in [9.17, 15) is 4.79 Å². The predicted octanol–water partition coefficient (Wildman–Crippen LogP) is 3.15. The molecule has 0 amide bonds. The van der Waals surface area contributed by atoms with Gasteiger partial charge in [0.2, 0.25) is 0 Å². The number of hydrogen-bond acceptors (Lipinski definition) is 2.